The van der Waals surface area contributed by atoms with Crippen LogP contribution in [0, 0.1) is 0 Å². The molecule has 0 unspecified atom stereocenters. The van der Waals surface area contributed by atoms with Gasteiger partial charge >= 0.3 is 0 Å². The summed E-state index contributed by atoms with van der Waals surface area (Å²) in [5.74, 6) is 0.126. The molecule has 1 rings (SSSR count). The maximum absolute atomic E-state index is 11.8. The van der Waals surface area contributed by atoms with Crippen LogP contribution in [0.1, 0.15) is 13.3 Å². The Morgan fingerprint density at radius 3 is 2.93 bits per heavy atom. The highest BCUT2D eigenvalue weighted by Gasteiger charge is 2.29. The third-order valence-corrected chi connectivity index (χ3v) is 3.85. The highest BCUT2D eigenvalue weighted by Crippen LogP contribution is 2.12. The molecule has 0 spiro atoms. The van der Waals surface area contributed by atoms with Crippen LogP contribution in [0.25, 0.3) is 0 Å². The van der Waals surface area contributed by atoms with Crippen LogP contribution in [0.3, 0.4) is 0 Å². The topological polar surface area (TPSA) is 50.4 Å². The lowest BCUT2D eigenvalue weighted by atomic mass is 10.2. The van der Waals surface area contributed by atoms with E-state index in [4.69, 9.17) is 4.74 Å². The molecule has 0 aromatic carbocycles. The Morgan fingerprint density at radius 2 is 2.40 bits per heavy atom. The normalized spacial score (nSPS) is 27.7. The minimum atomic E-state index is 0.0584. The molecule has 4 nitrogen and oxygen atoms in total. The first kappa shape index (κ1) is 12.8. The predicted molar refractivity (Wildman–Crippen MR) is 63.2 cm³/mol. The Hall–Kier alpha value is -0.260. The van der Waals surface area contributed by atoms with Crippen molar-refractivity contribution in [2.45, 2.75) is 30.7 Å². The summed E-state index contributed by atoms with van der Waals surface area (Å²) in [6, 6.07) is 0.115. The van der Waals surface area contributed by atoms with Crippen LogP contribution in [0.5, 0.6) is 0 Å². The Bertz CT molecular complexity index is 210. The number of carbonyl (C=O) groups is 1. The molecular weight excluding hydrogens is 212 g/mol. The van der Waals surface area contributed by atoms with Crippen LogP contribution >= 0.6 is 11.8 Å². The third kappa shape index (κ3) is 3.36. The molecule has 1 fully saturated rings. The number of ether oxygens (including phenoxy) is 1. The average Bonchev–Trinajstić information content (AvgIpc) is 2.67. The van der Waals surface area contributed by atoms with E-state index in [1.807, 2.05) is 13.2 Å². The van der Waals surface area contributed by atoms with Gasteiger partial charge in [-0.2, -0.15) is 11.8 Å². The first-order valence-electron chi connectivity index (χ1n) is 5.29. The van der Waals surface area contributed by atoms with Crippen LogP contribution in [0.2, 0.25) is 0 Å². The summed E-state index contributed by atoms with van der Waals surface area (Å²) < 4.78 is 5.29. The van der Waals surface area contributed by atoms with E-state index in [1.165, 1.54) is 0 Å². The molecule has 3 atom stereocenters. The second-order valence-electron chi connectivity index (χ2n) is 3.68. The quantitative estimate of drug-likeness (QED) is 0.712. The van der Waals surface area contributed by atoms with Crippen LogP contribution < -0.4 is 10.6 Å². The van der Waals surface area contributed by atoms with E-state index in [9.17, 15) is 4.79 Å². The maximum Gasteiger partial charge on any atom is 0.233 e. The van der Waals surface area contributed by atoms with Gasteiger partial charge in [0, 0.05) is 20.2 Å². The largest absolute Gasteiger partial charge is 0.378 e. The Labute approximate surface area is 95.5 Å². The SMILES string of the molecule is CC[C@H](SC)C(=O)N[C@H]1CNC[C@@H]1OC. The van der Waals surface area contributed by atoms with E-state index in [2.05, 4.69) is 10.6 Å². The van der Waals surface area contributed by atoms with Crippen molar-refractivity contribution in [3.05, 3.63) is 0 Å². The molecule has 1 aliphatic rings. The molecule has 0 saturated carbocycles. The van der Waals surface area contributed by atoms with Crippen molar-refractivity contribution in [1.29, 1.82) is 0 Å². The van der Waals surface area contributed by atoms with Gasteiger partial charge < -0.3 is 15.4 Å². The molecule has 1 aliphatic heterocycles. The van der Waals surface area contributed by atoms with E-state index in [0.717, 1.165) is 19.5 Å². The lowest BCUT2D eigenvalue weighted by Crippen LogP contribution is -2.46. The van der Waals surface area contributed by atoms with E-state index in [0.29, 0.717) is 0 Å². The molecule has 15 heavy (non-hydrogen) atoms. The summed E-state index contributed by atoms with van der Waals surface area (Å²) >= 11 is 1.60. The van der Waals surface area contributed by atoms with Crippen LogP contribution in [-0.2, 0) is 9.53 Å². The van der Waals surface area contributed by atoms with Crippen LogP contribution in [-0.4, -0.2) is 49.8 Å². The molecule has 1 heterocycles. The van der Waals surface area contributed by atoms with Gasteiger partial charge in [0.05, 0.1) is 17.4 Å². The monoisotopic (exact) mass is 232 g/mol. The Balaban J connectivity index is 2.42. The standard InChI is InChI=1S/C10H20N2O2S/c1-4-9(15-3)10(13)12-7-5-11-6-8(7)14-2/h7-9,11H,4-6H2,1-3H3,(H,12,13)/t7-,8-,9-/m0/s1. The highest BCUT2D eigenvalue weighted by molar-refractivity contribution is 7.99. The molecule has 0 aliphatic carbocycles. The summed E-state index contributed by atoms with van der Waals surface area (Å²) in [7, 11) is 1.68. The Kier molecular flexibility index (Phi) is 5.42. The van der Waals surface area contributed by atoms with Crippen molar-refractivity contribution in [2.75, 3.05) is 26.5 Å². The summed E-state index contributed by atoms with van der Waals surface area (Å²) in [6.45, 7) is 3.65. The fourth-order valence-electron chi connectivity index (χ4n) is 1.78. The van der Waals surface area contributed by atoms with Gasteiger partial charge in [0.25, 0.3) is 0 Å². The van der Waals surface area contributed by atoms with Crippen molar-refractivity contribution in [1.82, 2.24) is 10.6 Å². The van der Waals surface area contributed by atoms with Gasteiger partial charge in [0.1, 0.15) is 0 Å². The number of nitrogens with one attached hydrogen (secondary N) is 2. The Morgan fingerprint density at radius 1 is 1.67 bits per heavy atom. The summed E-state index contributed by atoms with van der Waals surface area (Å²) in [5.41, 5.74) is 0. The van der Waals surface area contributed by atoms with Gasteiger partial charge in [-0.3, -0.25) is 4.79 Å². The molecule has 2 N–H and O–H groups in total. The van der Waals surface area contributed by atoms with Crippen molar-refractivity contribution < 1.29 is 9.53 Å². The molecule has 5 heteroatoms. The van der Waals surface area contributed by atoms with E-state index in [-0.39, 0.29) is 23.3 Å². The second-order valence-corrected chi connectivity index (χ2v) is 4.72. The molecule has 88 valence electrons. The zero-order valence-corrected chi connectivity index (χ0v) is 10.4. The van der Waals surface area contributed by atoms with Crippen LogP contribution in [0.4, 0.5) is 0 Å². The molecule has 0 bridgehead atoms. The fourth-order valence-corrected chi connectivity index (χ4v) is 2.40. The molecule has 0 aromatic rings. The van der Waals surface area contributed by atoms with E-state index in [1.54, 1.807) is 18.9 Å². The number of hydrogen-bond acceptors (Lipinski definition) is 4. The number of thioether (sulfide) groups is 1. The lowest BCUT2D eigenvalue weighted by molar-refractivity contribution is -0.121. The van der Waals surface area contributed by atoms with E-state index < -0.39 is 0 Å². The van der Waals surface area contributed by atoms with Crippen molar-refractivity contribution >= 4 is 17.7 Å². The molecule has 0 radical (unpaired) electrons. The fraction of sp³-hybridized carbons (Fsp3) is 0.900. The number of hydrogen-bond donors (Lipinski definition) is 2. The summed E-state index contributed by atoms with van der Waals surface area (Å²) in [5, 5.41) is 6.30. The summed E-state index contributed by atoms with van der Waals surface area (Å²) in [4.78, 5) is 11.8. The zero-order chi connectivity index (χ0) is 11.3. The number of rotatable bonds is 5. The second kappa shape index (κ2) is 6.35. The lowest BCUT2D eigenvalue weighted by Gasteiger charge is -2.21. The third-order valence-electron chi connectivity index (χ3n) is 2.74. The molecule has 0 aromatic heterocycles. The predicted octanol–water partition coefficient (Wildman–Crippen LogP) is 0.231. The van der Waals surface area contributed by atoms with Gasteiger partial charge in [-0.25, -0.2) is 0 Å². The average molecular weight is 232 g/mol. The van der Waals surface area contributed by atoms with Gasteiger partial charge in [0.15, 0.2) is 0 Å². The highest BCUT2D eigenvalue weighted by atomic mass is 32.2. The number of carbonyl (C=O) groups excluding carboxylic acids is 1. The maximum atomic E-state index is 11.8. The summed E-state index contributed by atoms with van der Waals surface area (Å²) in [6.07, 6.45) is 2.94. The number of methoxy groups -OCH3 is 1. The zero-order valence-electron chi connectivity index (χ0n) is 9.58. The van der Waals surface area contributed by atoms with Gasteiger partial charge in [0.2, 0.25) is 5.91 Å². The number of amides is 1. The van der Waals surface area contributed by atoms with Gasteiger partial charge in [-0.1, -0.05) is 6.92 Å². The molecule has 1 amide bonds. The van der Waals surface area contributed by atoms with Gasteiger partial charge in [-0.05, 0) is 12.7 Å². The first-order valence-corrected chi connectivity index (χ1v) is 6.58. The van der Waals surface area contributed by atoms with Crippen molar-refractivity contribution in [3.63, 3.8) is 0 Å². The molecule has 1 saturated heterocycles. The van der Waals surface area contributed by atoms with E-state index >= 15 is 0 Å². The van der Waals surface area contributed by atoms with Crippen molar-refractivity contribution in [3.8, 4) is 0 Å². The molecular formula is C10H20N2O2S. The van der Waals surface area contributed by atoms with Gasteiger partial charge in [-0.15, -0.1) is 0 Å². The smallest absolute Gasteiger partial charge is 0.233 e. The first-order chi connectivity index (χ1) is 7.22. The minimum Gasteiger partial charge on any atom is -0.378 e. The van der Waals surface area contributed by atoms with Crippen molar-refractivity contribution in [2.24, 2.45) is 0 Å². The van der Waals surface area contributed by atoms with Crippen LogP contribution in [0.15, 0.2) is 0 Å². The minimum absolute atomic E-state index is 0.0584.